The SMILES string of the molecule is O=C(O)[C@H](Cc1ccccc1)N(Cc1ccsc1)C(=O)c1ccc(Cl)cc1Cl. The Labute approximate surface area is 176 Å². The van der Waals surface area contributed by atoms with E-state index in [2.05, 4.69) is 0 Å². The van der Waals surface area contributed by atoms with E-state index in [1.165, 1.54) is 28.4 Å². The number of hydrogen-bond donors (Lipinski definition) is 1. The van der Waals surface area contributed by atoms with Gasteiger partial charge in [0.2, 0.25) is 0 Å². The molecule has 1 N–H and O–H groups in total. The van der Waals surface area contributed by atoms with Crippen LogP contribution in [0.2, 0.25) is 10.0 Å². The lowest BCUT2D eigenvalue weighted by Crippen LogP contribution is -2.46. The molecule has 1 heterocycles. The number of benzene rings is 2. The molecule has 0 saturated heterocycles. The average molecular weight is 434 g/mol. The third-order valence-electron chi connectivity index (χ3n) is 4.29. The van der Waals surface area contributed by atoms with E-state index in [0.29, 0.717) is 5.02 Å². The van der Waals surface area contributed by atoms with Crippen LogP contribution >= 0.6 is 34.5 Å². The first-order chi connectivity index (χ1) is 13.5. The highest BCUT2D eigenvalue weighted by molar-refractivity contribution is 7.07. The number of thiophene rings is 1. The Bertz CT molecular complexity index is 961. The number of aliphatic carboxylic acids is 1. The lowest BCUT2D eigenvalue weighted by Gasteiger charge is -2.29. The van der Waals surface area contributed by atoms with Gasteiger partial charge in [-0.3, -0.25) is 4.79 Å². The second-order valence-corrected chi connectivity index (χ2v) is 7.86. The fourth-order valence-corrected chi connectivity index (χ4v) is 4.04. The van der Waals surface area contributed by atoms with Crippen LogP contribution in [0.4, 0.5) is 0 Å². The van der Waals surface area contributed by atoms with Crippen LogP contribution < -0.4 is 0 Å². The van der Waals surface area contributed by atoms with E-state index in [4.69, 9.17) is 23.2 Å². The van der Waals surface area contributed by atoms with Crippen molar-refractivity contribution in [3.05, 3.63) is 92.1 Å². The maximum atomic E-state index is 13.3. The molecule has 0 spiro atoms. The molecule has 1 aromatic heterocycles. The van der Waals surface area contributed by atoms with E-state index >= 15 is 0 Å². The lowest BCUT2D eigenvalue weighted by molar-refractivity contribution is -0.142. The summed E-state index contributed by atoms with van der Waals surface area (Å²) >= 11 is 13.6. The maximum Gasteiger partial charge on any atom is 0.326 e. The molecule has 4 nitrogen and oxygen atoms in total. The van der Waals surface area contributed by atoms with Gasteiger partial charge in [-0.05, 0) is 46.2 Å². The summed E-state index contributed by atoms with van der Waals surface area (Å²) in [7, 11) is 0. The van der Waals surface area contributed by atoms with Crippen molar-refractivity contribution in [3.63, 3.8) is 0 Å². The molecule has 7 heteroatoms. The highest BCUT2D eigenvalue weighted by Gasteiger charge is 2.31. The summed E-state index contributed by atoms with van der Waals surface area (Å²) in [6.07, 6.45) is 0.192. The van der Waals surface area contributed by atoms with Gasteiger partial charge in [0.1, 0.15) is 6.04 Å². The highest BCUT2D eigenvalue weighted by atomic mass is 35.5. The summed E-state index contributed by atoms with van der Waals surface area (Å²) in [5.74, 6) is -1.52. The third-order valence-corrected chi connectivity index (χ3v) is 5.57. The van der Waals surface area contributed by atoms with E-state index in [0.717, 1.165) is 11.1 Å². The van der Waals surface area contributed by atoms with Gasteiger partial charge in [0.15, 0.2) is 0 Å². The predicted molar refractivity (Wildman–Crippen MR) is 112 cm³/mol. The van der Waals surface area contributed by atoms with Crippen LogP contribution in [-0.2, 0) is 17.8 Å². The van der Waals surface area contributed by atoms with E-state index < -0.39 is 17.9 Å². The molecule has 2 aromatic carbocycles. The second kappa shape index (κ2) is 9.24. The summed E-state index contributed by atoms with van der Waals surface area (Å²) in [6.45, 7) is 0.172. The summed E-state index contributed by atoms with van der Waals surface area (Å²) in [5, 5.41) is 14.3. The number of carbonyl (C=O) groups excluding carboxylic acids is 1. The van der Waals surface area contributed by atoms with Gasteiger partial charge >= 0.3 is 5.97 Å². The van der Waals surface area contributed by atoms with Crippen molar-refractivity contribution >= 4 is 46.4 Å². The molecule has 0 radical (unpaired) electrons. The third kappa shape index (κ3) is 4.93. The van der Waals surface area contributed by atoms with E-state index in [1.54, 1.807) is 6.07 Å². The maximum absolute atomic E-state index is 13.3. The van der Waals surface area contributed by atoms with Crippen LogP contribution in [0.15, 0.2) is 65.4 Å². The largest absolute Gasteiger partial charge is 0.480 e. The Morgan fingerprint density at radius 2 is 1.79 bits per heavy atom. The normalized spacial score (nSPS) is 11.8. The van der Waals surface area contributed by atoms with Crippen LogP contribution in [0.3, 0.4) is 0 Å². The Balaban J connectivity index is 1.98. The summed E-state index contributed by atoms with van der Waals surface area (Å²) in [6, 6.07) is 14.6. The predicted octanol–water partition coefficient (Wildman–Crippen LogP) is 5.39. The molecule has 28 heavy (non-hydrogen) atoms. The topological polar surface area (TPSA) is 57.6 Å². The molecule has 0 aliphatic carbocycles. The number of carboxylic acids is 1. The zero-order chi connectivity index (χ0) is 20.1. The minimum Gasteiger partial charge on any atom is -0.480 e. The summed E-state index contributed by atoms with van der Waals surface area (Å²) in [4.78, 5) is 26.7. The highest BCUT2D eigenvalue weighted by Crippen LogP contribution is 2.25. The minimum absolute atomic E-state index is 0.172. The fourth-order valence-electron chi connectivity index (χ4n) is 2.89. The molecule has 1 amide bonds. The molecule has 0 bridgehead atoms. The van der Waals surface area contributed by atoms with Gasteiger partial charge in [-0.1, -0.05) is 53.5 Å². The van der Waals surface area contributed by atoms with Crippen LogP contribution in [0.1, 0.15) is 21.5 Å². The minimum atomic E-state index is -1.07. The Hall–Kier alpha value is -2.34. The van der Waals surface area contributed by atoms with Gasteiger partial charge in [0, 0.05) is 18.0 Å². The number of halogens is 2. The summed E-state index contributed by atoms with van der Waals surface area (Å²) in [5.41, 5.74) is 1.92. The Morgan fingerprint density at radius 3 is 2.39 bits per heavy atom. The first kappa shape index (κ1) is 20.4. The van der Waals surface area contributed by atoms with Crippen molar-refractivity contribution in [2.24, 2.45) is 0 Å². The van der Waals surface area contributed by atoms with Gasteiger partial charge < -0.3 is 10.0 Å². The van der Waals surface area contributed by atoms with Crippen LogP contribution in [-0.4, -0.2) is 27.9 Å². The van der Waals surface area contributed by atoms with Gasteiger partial charge in [-0.15, -0.1) is 0 Å². The monoisotopic (exact) mass is 433 g/mol. The van der Waals surface area contributed by atoms with Crippen LogP contribution in [0.25, 0.3) is 0 Å². The molecule has 3 rings (SSSR count). The zero-order valence-electron chi connectivity index (χ0n) is 14.7. The van der Waals surface area contributed by atoms with E-state index in [1.807, 2.05) is 47.2 Å². The number of hydrogen-bond acceptors (Lipinski definition) is 3. The molecule has 0 unspecified atom stereocenters. The van der Waals surface area contributed by atoms with E-state index in [9.17, 15) is 14.7 Å². The molecule has 0 saturated carbocycles. The number of nitrogens with zero attached hydrogens (tertiary/aromatic N) is 1. The standard InChI is InChI=1S/C21H17Cl2NO3S/c22-16-6-7-17(18(23)11-16)20(25)24(12-15-8-9-28-13-15)19(21(26)27)10-14-4-2-1-3-5-14/h1-9,11,13,19H,10,12H2,(H,26,27)/t19-/m0/s1. The Kier molecular flexibility index (Phi) is 6.73. The molecular formula is C21H17Cl2NO3S. The van der Waals surface area contributed by atoms with Crippen LogP contribution in [0.5, 0.6) is 0 Å². The summed E-state index contributed by atoms with van der Waals surface area (Å²) < 4.78 is 0. The van der Waals surface area contributed by atoms with Crippen LogP contribution in [0, 0.1) is 0 Å². The number of rotatable bonds is 7. The van der Waals surface area contributed by atoms with Crippen molar-refractivity contribution in [3.8, 4) is 0 Å². The van der Waals surface area contributed by atoms with Crippen molar-refractivity contribution in [2.75, 3.05) is 0 Å². The van der Waals surface area contributed by atoms with E-state index in [-0.39, 0.29) is 23.6 Å². The lowest BCUT2D eigenvalue weighted by atomic mass is 10.0. The average Bonchev–Trinajstić information content (AvgIpc) is 3.18. The smallest absolute Gasteiger partial charge is 0.326 e. The molecule has 0 aliphatic rings. The zero-order valence-corrected chi connectivity index (χ0v) is 17.0. The van der Waals surface area contributed by atoms with Gasteiger partial charge in [-0.25, -0.2) is 4.79 Å². The fraction of sp³-hybridized carbons (Fsp3) is 0.143. The van der Waals surface area contributed by atoms with Crippen molar-refractivity contribution < 1.29 is 14.7 Å². The van der Waals surface area contributed by atoms with Gasteiger partial charge in [-0.2, -0.15) is 11.3 Å². The first-order valence-electron chi connectivity index (χ1n) is 8.49. The molecular weight excluding hydrogens is 417 g/mol. The van der Waals surface area contributed by atoms with Crippen molar-refractivity contribution in [1.29, 1.82) is 0 Å². The number of carbonyl (C=O) groups is 2. The molecule has 1 atom stereocenters. The second-order valence-electron chi connectivity index (χ2n) is 6.23. The number of carboxylic acid groups (broad SMARTS) is 1. The Morgan fingerprint density at radius 1 is 1.04 bits per heavy atom. The van der Waals surface area contributed by atoms with Gasteiger partial charge in [0.05, 0.1) is 10.6 Å². The molecule has 0 aliphatic heterocycles. The molecule has 0 fully saturated rings. The quantitative estimate of drug-likeness (QED) is 0.542. The number of amides is 1. The van der Waals surface area contributed by atoms with Gasteiger partial charge in [0.25, 0.3) is 5.91 Å². The first-order valence-corrected chi connectivity index (χ1v) is 10.2. The van der Waals surface area contributed by atoms with Crippen molar-refractivity contribution in [2.45, 2.75) is 19.0 Å². The molecule has 144 valence electrons. The van der Waals surface area contributed by atoms with Crippen molar-refractivity contribution in [1.82, 2.24) is 4.90 Å². The molecule has 3 aromatic rings.